The maximum Gasteiger partial charge on any atom is 0.0815 e. The smallest absolute Gasteiger partial charge is 0.0815 e. The van der Waals surface area contributed by atoms with Crippen molar-refractivity contribution in [1.82, 2.24) is 4.90 Å². The summed E-state index contributed by atoms with van der Waals surface area (Å²) >= 11 is 5.81. The van der Waals surface area contributed by atoms with E-state index in [4.69, 9.17) is 12.2 Å². The molecule has 3 atom stereocenters. The lowest BCUT2D eigenvalue weighted by atomic mass is 9.79. The van der Waals surface area contributed by atoms with Gasteiger partial charge in [-0.3, -0.25) is 0 Å². The van der Waals surface area contributed by atoms with Gasteiger partial charge in [0, 0.05) is 18.5 Å². The molecule has 0 bridgehead atoms. The predicted molar refractivity (Wildman–Crippen MR) is 82.9 cm³/mol. The van der Waals surface area contributed by atoms with E-state index >= 15 is 0 Å². The first-order chi connectivity index (χ1) is 8.59. The van der Waals surface area contributed by atoms with Crippen molar-refractivity contribution in [2.24, 2.45) is 17.8 Å². The molecule has 2 aliphatic rings. The Balaban J connectivity index is 2.04. The summed E-state index contributed by atoms with van der Waals surface area (Å²) in [6.45, 7) is 8.19. The average molecular weight is 267 g/mol. The molecular weight excluding hydrogens is 238 g/mol. The van der Waals surface area contributed by atoms with Crippen LogP contribution in [-0.2, 0) is 0 Å². The summed E-state index contributed by atoms with van der Waals surface area (Å²) in [6, 6.07) is 0.588. The third-order valence-corrected chi connectivity index (χ3v) is 5.55. The quantitative estimate of drug-likeness (QED) is 0.636. The largest absolute Gasteiger partial charge is 0.363 e. The van der Waals surface area contributed by atoms with Gasteiger partial charge in [0.15, 0.2) is 0 Å². The number of likely N-dealkylation sites (tertiary alicyclic amines) is 1. The van der Waals surface area contributed by atoms with Crippen LogP contribution >= 0.6 is 12.2 Å². The van der Waals surface area contributed by atoms with E-state index in [2.05, 4.69) is 25.7 Å². The predicted octanol–water partition coefficient (Wildman–Crippen LogP) is 4.65. The Kier molecular flexibility index (Phi) is 5.06. The molecular formula is C16H29NS. The fraction of sp³-hybridized carbons (Fsp3) is 0.938. The Hall–Kier alpha value is -0.110. The molecule has 0 radical (unpaired) electrons. The molecule has 1 aliphatic carbocycles. The minimum atomic E-state index is 0.588. The maximum atomic E-state index is 5.81. The van der Waals surface area contributed by atoms with Crippen LogP contribution in [-0.4, -0.2) is 22.5 Å². The maximum absolute atomic E-state index is 5.81. The molecule has 0 amide bonds. The van der Waals surface area contributed by atoms with Gasteiger partial charge in [0.05, 0.1) is 4.99 Å². The zero-order chi connectivity index (χ0) is 13.1. The molecule has 1 saturated heterocycles. The highest BCUT2D eigenvalue weighted by molar-refractivity contribution is 7.80. The van der Waals surface area contributed by atoms with Crippen LogP contribution in [0, 0.1) is 17.8 Å². The zero-order valence-electron chi connectivity index (χ0n) is 12.3. The van der Waals surface area contributed by atoms with Crippen molar-refractivity contribution in [2.45, 2.75) is 71.8 Å². The van der Waals surface area contributed by atoms with Gasteiger partial charge in [-0.25, -0.2) is 0 Å². The van der Waals surface area contributed by atoms with Gasteiger partial charge in [0.25, 0.3) is 0 Å². The number of hydrogen-bond donors (Lipinski definition) is 0. The molecule has 3 unspecified atom stereocenters. The van der Waals surface area contributed by atoms with Gasteiger partial charge >= 0.3 is 0 Å². The zero-order valence-corrected chi connectivity index (χ0v) is 13.1. The second-order valence-electron chi connectivity index (χ2n) is 6.75. The Labute approximate surface area is 118 Å². The molecule has 1 saturated carbocycles. The summed E-state index contributed by atoms with van der Waals surface area (Å²) in [7, 11) is 0. The van der Waals surface area contributed by atoms with Crippen molar-refractivity contribution in [3.63, 3.8) is 0 Å². The number of thiocarbonyl (C=S) groups is 1. The minimum Gasteiger partial charge on any atom is -0.363 e. The summed E-state index contributed by atoms with van der Waals surface area (Å²) in [4.78, 5) is 3.77. The van der Waals surface area contributed by atoms with E-state index in [1.54, 1.807) is 0 Å². The molecule has 0 spiro atoms. The molecule has 18 heavy (non-hydrogen) atoms. The second-order valence-corrected chi connectivity index (χ2v) is 7.17. The van der Waals surface area contributed by atoms with E-state index < -0.39 is 0 Å². The van der Waals surface area contributed by atoms with Crippen LogP contribution in [0.3, 0.4) is 0 Å². The minimum absolute atomic E-state index is 0.588. The summed E-state index contributed by atoms with van der Waals surface area (Å²) in [5, 5.41) is 0. The number of nitrogens with zero attached hydrogens (tertiary/aromatic N) is 1. The van der Waals surface area contributed by atoms with Crippen LogP contribution < -0.4 is 0 Å². The molecule has 1 heterocycles. The molecule has 2 heteroatoms. The van der Waals surface area contributed by atoms with Gasteiger partial charge in [0.1, 0.15) is 0 Å². The van der Waals surface area contributed by atoms with Crippen molar-refractivity contribution in [2.75, 3.05) is 6.54 Å². The van der Waals surface area contributed by atoms with Crippen LogP contribution in [0.15, 0.2) is 0 Å². The van der Waals surface area contributed by atoms with E-state index in [1.165, 1.54) is 56.5 Å². The molecule has 1 nitrogen and oxygen atoms in total. The van der Waals surface area contributed by atoms with Crippen molar-refractivity contribution in [3.8, 4) is 0 Å². The topological polar surface area (TPSA) is 3.24 Å². The van der Waals surface area contributed by atoms with Crippen molar-refractivity contribution >= 4 is 17.2 Å². The summed E-state index contributed by atoms with van der Waals surface area (Å²) in [5.74, 6) is 2.53. The van der Waals surface area contributed by atoms with Gasteiger partial charge in [-0.2, -0.15) is 0 Å². The third kappa shape index (κ3) is 3.26. The summed E-state index contributed by atoms with van der Waals surface area (Å²) < 4.78 is 0. The molecule has 0 aromatic heterocycles. The molecule has 2 fully saturated rings. The van der Waals surface area contributed by atoms with Crippen LogP contribution in [0.5, 0.6) is 0 Å². The van der Waals surface area contributed by atoms with Gasteiger partial charge in [-0.15, -0.1) is 0 Å². The lowest BCUT2D eigenvalue weighted by Gasteiger charge is -2.42. The van der Waals surface area contributed by atoms with Crippen LogP contribution in [0.1, 0.15) is 65.7 Å². The number of fused-ring (bicyclic) bond motifs is 1. The second kappa shape index (κ2) is 6.36. The lowest BCUT2D eigenvalue weighted by molar-refractivity contribution is 0.215. The Morgan fingerprint density at radius 1 is 1.06 bits per heavy atom. The van der Waals surface area contributed by atoms with Gasteiger partial charge in [-0.1, -0.05) is 44.8 Å². The highest BCUT2D eigenvalue weighted by atomic mass is 32.1. The lowest BCUT2D eigenvalue weighted by Crippen LogP contribution is -2.47. The average Bonchev–Trinajstić information content (AvgIpc) is 2.40. The molecule has 2 rings (SSSR count). The van der Waals surface area contributed by atoms with Crippen LogP contribution in [0.2, 0.25) is 0 Å². The third-order valence-electron chi connectivity index (χ3n) is 5.02. The Bertz CT molecular complexity index is 287. The summed E-state index contributed by atoms with van der Waals surface area (Å²) in [6.07, 6.45) is 9.79. The molecule has 104 valence electrons. The highest BCUT2D eigenvalue weighted by Gasteiger charge is 2.34. The first-order valence-corrected chi connectivity index (χ1v) is 8.31. The van der Waals surface area contributed by atoms with E-state index in [0.717, 1.165) is 11.8 Å². The van der Waals surface area contributed by atoms with Gasteiger partial charge < -0.3 is 4.90 Å². The van der Waals surface area contributed by atoms with E-state index in [1.807, 2.05) is 0 Å². The van der Waals surface area contributed by atoms with Crippen molar-refractivity contribution in [3.05, 3.63) is 0 Å². The first-order valence-electron chi connectivity index (χ1n) is 7.90. The van der Waals surface area contributed by atoms with E-state index in [-0.39, 0.29) is 0 Å². The number of hydrogen-bond acceptors (Lipinski definition) is 1. The normalized spacial score (nSPS) is 34.8. The highest BCUT2D eigenvalue weighted by Crippen LogP contribution is 2.36. The fourth-order valence-electron chi connectivity index (χ4n) is 3.81. The first kappa shape index (κ1) is 14.3. The molecule has 0 aromatic rings. The number of piperidine rings is 1. The molecule has 1 aliphatic heterocycles. The Morgan fingerprint density at radius 2 is 1.72 bits per heavy atom. The van der Waals surface area contributed by atoms with Crippen molar-refractivity contribution in [1.29, 1.82) is 0 Å². The fourth-order valence-corrected chi connectivity index (χ4v) is 4.42. The van der Waals surface area contributed by atoms with E-state index in [0.29, 0.717) is 12.0 Å². The SMILES string of the molecule is CC1CCCC2CCN(C(C)C)C(=S)C2CCC1. The van der Waals surface area contributed by atoms with Crippen molar-refractivity contribution < 1.29 is 0 Å². The summed E-state index contributed by atoms with van der Waals surface area (Å²) in [5.41, 5.74) is 0. The van der Waals surface area contributed by atoms with E-state index in [9.17, 15) is 0 Å². The van der Waals surface area contributed by atoms with Crippen LogP contribution in [0.25, 0.3) is 0 Å². The molecule has 0 N–H and O–H groups in total. The number of rotatable bonds is 1. The van der Waals surface area contributed by atoms with Gasteiger partial charge in [0.2, 0.25) is 0 Å². The van der Waals surface area contributed by atoms with Crippen LogP contribution in [0.4, 0.5) is 0 Å². The molecule has 0 aromatic carbocycles. The monoisotopic (exact) mass is 267 g/mol. The Morgan fingerprint density at radius 3 is 2.39 bits per heavy atom. The standard InChI is InChI=1S/C16H29NS/c1-12(2)17-11-10-14-8-4-6-13(3)7-5-9-15(14)16(17)18/h12-15H,4-11H2,1-3H3. The van der Waals surface area contributed by atoms with Gasteiger partial charge in [-0.05, 0) is 44.9 Å².